The van der Waals surface area contributed by atoms with Crippen LogP contribution in [0.2, 0.25) is 0 Å². The third kappa shape index (κ3) is 6.08. The first kappa shape index (κ1) is 18.5. The molecule has 0 saturated carbocycles. The lowest BCUT2D eigenvalue weighted by Crippen LogP contribution is -2.26. The summed E-state index contributed by atoms with van der Waals surface area (Å²) < 4.78 is 5.66. The van der Waals surface area contributed by atoms with E-state index in [1.54, 1.807) is 0 Å². The minimum Gasteiger partial charge on any atom is -0.494 e. The normalized spacial score (nSPS) is 11.5. The number of para-hydroxylation sites is 1. The molecule has 0 bridgehead atoms. The molecule has 0 radical (unpaired) electrons. The summed E-state index contributed by atoms with van der Waals surface area (Å²) in [5, 5.41) is 3.59. The van der Waals surface area contributed by atoms with E-state index in [4.69, 9.17) is 4.74 Å². The molecule has 0 aliphatic carbocycles. The Bertz CT molecular complexity index is 530. The van der Waals surface area contributed by atoms with Crippen LogP contribution >= 0.6 is 12.4 Å². The summed E-state index contributed by atoms with van der Waals surface area (Å²) in [4.78, 5) is 0. The Hall–Kier alpha value is -1.51. The third-order valence-corrected chi connectivity index (χ3v) is 3.62. The first-order valence-electron chi connectivity index (χ1n) is 7.77. The summed E-state index contributed by atoms with van der Waals surface area (Å²) in [6.45, 7) is 5.83. The summed E-state index contributed by atoms with van der Waals surface area (Å²) in [6, 6.07) is 19.4. The summed E-state index contributed by atoms with van der Waals surface area (Å²) in [5.74, 6) is 0.989. The van der Waals surface area contributed by atoms with Crippen molar-refractivity contribution in [2.24, 2.45) is 0 Å². The average molecular weight is 320 g/mol. The fourth-order valence-corrected chi connectivity index (χ4v) is 2.36. The molecule has 0 spiro atoms. The van der Waals surface area contributed by atoms with Gasteiger partial charge >= 0.3 is 0 Å². The van der Waals surface area contributed by atoms with Gasteiger partial charge in [0.15, 0.2) is 0 Å². The number of hydrogen-bond donors (Lipinski definition) is 1. The van der Waals surface area contributed by atoms with Gasteiger partial charge in [-0.05, 0) is 38.3 Å². The van der Waals surface area contributed by atoms with Crippen LogP contribution in [0.5, 0.6) is 5.75 Å². The average Bonchev–Trinajstić information content (AvgIpc) is 2.53. The SMILES string of the molecule is CCOc1ccccc1CNC(C)CCc1ccccc1.Cl. The van der Waals surface area contributed by atoms with Crippen molar-refractivity contribution in [1.29, 1.82) is 0 Å². The van der Waals surface area contributed by atoms with E-state index >= 15 is 0 Å². The van der Waals surface area contributed by atoms with Crippen molar-refractivity contribution in [3.05, 3.63) is 65.7 Å². The van der Waals surface area contributed by atoms with Gasteiger partial charge in [-0.2, -0.15) is 0 Å². The molecule has 0 fully saturated rings. The quantitative estimate of drug-likeness (QED) is 0.766. The lowest BCUT2D eigenvalue weighted by molar-refractivity contribution is 0.334. The molecule has 1 unspecified atom stereocenters. The fourth-order valence-electron chi connectivity index (χ4n) is 2.36. The fraction of sp³-hybridized carbons (Fsp3) is 0.368. The molecule has 2 aromatic carbocycles. The molecule has 0 amide bonds. The van der Waals surface area contributed by atoms with Gasteiger partial charge < -0.3 is 10.1 Å². The molecular formula is C19H26ClNO. The largest absolute Gasteiger partial charge is 0.494 e. The van der Waals surface area contributed by atoms with Crippen molar-refractivity contribution in [1.82, 2.24) is 5.32 Å². The van der Waals surface area contributed by atoms with Crippen LogP contribution in [0.3, 0.4) is 0 Å². The summed E-state index contributed by atoms with van der Waals surface area (Å²) in [6.07, 6.45) is 2.25. The van der Waals surface area contributed by atoms with Gasteiger partial charge in [-0.15, -0.1) is 12.4 Å². The van der Waals surface area contributed by atoms with Crippen LogP contribution in [0.15, 0.2) is 54.6 Å². The maximum atomic E-state index is 5.66. The van der Waals surface area contributed by atoms with Gasteiger partial charge in [0.2, 0.25) is 0 Å². The first-order chi connectivity index (χ1) is 10.3. The maximum Gasteiger partial charge on any atom is 0.123 e. The van der Waals surface area contributed by atoms with Gasteiger partial charge in [-0.25, -0.2) is 0 Å². The number of rotatable bonds is 8. The number of ether oxygens (including phenoxy) is 1. The molecule has 0 aromatic heterocycles. The van der Waals surface area contributed by atoms with Crippen molar-refractivity contribution in [2.75, 3.05) is 6.61 Å². The monoisotopic (exact) mass is 319 g/mol. The predicted molar refractivity (Wildman–Crippen MR) is 95.9 cm³/mol. The minimum absolute atomic E-state index is 0. The Balaban J connectivity index is 0.00000242. The van der Waals surface area contributed by atoms with E-state index < -0.39 is 0 Å². The van der Waals surface area contributed by atoms with Crippen LogP contribution in [0.4, 0.5) is 0 Å². The van der Waals surface area contributed by atoms with E-state index in [1.165, 1.54) is 11.1 Å². The van der Waals surface area contributed by atoms with E-state index in [0.29, 0.717) is 12.6 Å². The van der Waals surface area contributed by atoms with Crippen molar-refractivity contribution in [3.63, 3.8) is 0 Å². The molecule has 120 valence electrons. The molecule has 0 heterocycles. The Morgan fingerprint density at radius 3 is 2.41 bits per heavy atom. The van der Waals surface area contributed by atoms with E-state index in [0.717, 1.165) is 25.1 Å². The van der Waals surface area contributed by atoms with Gasteiger partial charge in [-0.1, -0.05) is 48.5 Å². The second kappa shape index (κ2) is 10.3. The standard InChI is InChI=1S/C19H25NO.ClH/c1-3-21-19-12-8-7-11-18(19)15-20-16(2)13-14-17-9-5-4-6-10-17;/h4-12,16,20H,3,13-15H2,1-2H3;1H. The van der Waals surface area contributed by atoms with E-state index in [1.807, 2.05) is 19.1 Å². The maximum absolute atomic E-state index is 5.66. The second-order valence-corrected chi connectivity index (χ2v) is 5.35. The van der Waals surface area contributed by atoms with Crippen LogP contribution in [-0.4, -0.2) is 12.6 Å². The van der Waals surface area contributed by atoms with E-state index in [2.05, 4.69) is 54.7 Å². The topological polar surface area (TPSA) is 21.3 Å². The van der Waals surface area contributed by atoms with Gasteiger partial charge in [0.05, 0.1) is 6.61 Å². The van der Waals surface area contributed by atoms with Crippen molar-refractivity contribution >= 4 is 12.4 Å². The molecule has 22 heavy (non-hydrogen) atoms. The number of benzene rings is 2. The van der Waals surface area contributed by atoms with E-state index in [-0.39, 0.29) is 12.4 Å². The number of nitrogens with one attached hydrogen (secondary N) is 1. The smallest absolute Gasteiger partial charge is 0.123 e. The lowest BCUT2D eigenvalue weighted by Gasteiger charge is -2.16. The van der Waals surface area contributed by atoms with Crippen molar-refractivity contribution in [3.8, 4) is 5.75 Å². The summed E-state index contributed by atoms with van der Waals surface area (Å²) in [7, 11) is 0. The van der Waals surface area contributed by atoms with Crippen LogP contribution < -0.4 is 10.1 Å². The van der Waals surface area contributed by atoms with Crippen LogP contribution in [0.25, 0.3) is 0 Å². The van der Waals surface area contributed by atoms with Gasteiger partial charge in [-0.3, -0.25) is 0 Å². The van der Waals surface area contributed by atoms with Crippen LogP contribution in [-0.2, 0) is 13.0 Å². The molecule has 2 rings (SSSR count). The molecule has 1 atom stereocenters. The molecule has 0 aliphatic heterocycles. The molecule has 0 saturated heterocycles. The second-order valence-electron chi connectivity index (χ2n) is 5.35. The summed E-state index contributed by atoms with van der Waals surface area (Å²) >= 11 is 0. The summed E-state index contributed by atoms with van der Waals surface area (Å²) in [5.41, 5.74) is 2.63. The molecule has 1 N–H and O–H groups in total. The zero-order valence-electron chi connectivity index (χ0n) is 13.4. The Kier molecular flexibility index (Phi) is 8.64. The van der Waals surface area contributed by atoms with Crippen LogP contribution in [0.1, 0.15) is 31.4 Å². The Labute approximate surface area is 140 Å². The highest BCUT2D eigenvalue weighted by molar-refractivity contribution is 5.85. The molecule has 2 aromatic rings. The minimum atomic E-state index is 0. The Morgan fingerprint density at radius 1 is 1.00 bits per heavy atom. The van der Waals surface area contributed by atoms with Gasteiger partial charge in [0, 0.05) is 18.2 Å². The van der Waals surface area contributed by atoms with Gasteiger partial charge in [0.1, 0.15) is 5.75 Å². The molecular weight excluding hydrogens is 294 g/mol. The number of halogens is 1. The zero-order valence-corrected chi connectivity index (χ0v) is 14.2. The highest BCUT2D eigenvalue weighted by atomic mass is 35.5. The molecule has 0 aliphatic rings. The number of aryl methyl sites for hydroxylation is 1. The van der Waals surface area contributed by atoms with Crippen molar-refractivity contribution < 1.29 is 4.74 Å². The zero-order chi connectivity index (χ0) is 14.9. The Morgan fingerprint density at radius 2 is 1.68 bits per heavy atom. The van der Waals surface area contributed by atoms with Crippen molar-refractivity contribution in [2.45, 2.75) is 39.3 Å². The highest BCUT2D eigenvalue weighted by Gasteiger charge is 2.05. The highest BCUT2D eigenvalue weighted by Crippen LogP contribution is 2.18. The molecule has 2 nitrogen and oxygen atoms in total. The van der Waals surface area contributed by atoms with Gasteiger partial charge in [0.25, 0.3) is 0 Å². The first-order valence-corrected chi connectivity index (χ1v) is 7.77. The predicted octanol–water partition coefficient (Wildman–Crippen LogP) is 4.62. The van der Waals surface area contributed by atoms with Crippen LogP contribution in [0, 0.1) is 0 Å². The molecule has 3 heteroatoms. The van der Waals surface area contributed by atoms with E-state index in [9.17, 15) is 0 Å². The lowest BCUT2D eigenvalue weighted by atomic mass is 10.1. The number of hydrogen-bond acceptors (Lipinski definition) is 2. The third-order valence-electron chi connectivity index (χ3n) is 3.62.